The molecule has 4 heteroatoms. The van der Waals surface area contributed by atoms with E-state index in [2.05, 4.69) is 54.8 Å². The molecule has 0 radical (unpaired) electrons. The first kappa shape index (κ1) is 15.0. The third-order valence-electron chi connectivity index (χ3n) is 3.15. The highest BCUT2D eigenvalue weighted by molar-refractivity contribution is 5.80. The number of ether oxygens (including phenoxy) is 1. The van der Waals surface area contributed by atoms with Crippen LogP contribution in [-0.4, -0.2) is 28.3 Å². The molecule has 20 heavy (non-hydrogen) atoms. The summed E-state index contributed by atoms with van der Waals surface area (Å²) in [6.07, 6.45) is 4.03. The second kappa shape index (κ2) is 6.37. The quantitative estimate of drug-likeness (QED) is 0.881. The van der Waals surface area contributed by atoms with Gasteiger partial charge in [-0.3, -0.25) is 0 Å². The zero-order valence-electron chi connectivity index (χ0n) is 12.9. The number of nitrogens with one attached hydrogen (secondary N) is 1. The van der Waals surface area contributed by atoms with Crippen LogP contribution in [0.25, 0.3) is 11.0 Å². The van der Waals surface area contributed by atoms with E-state index in [1.54, 1.807) is 0 Å². The van der Waals surface area contributed by atoms with Gasteiger partial charge in [0.2, 0.25) is 0 Å². The molecule has 2 aromatic rings. The van der Waals surface area contributed by atoms with Crippen molar-refractivity contribution in [2.24, 2.45) is 0 Å². The molecular formula is C16H25N3O. The maximum absolute atomic E-state index is 5.81. The minimum absolute atomic E-state index is 0.0943. The monoisotopic (exact) mass is 275 g/mol. The maximum Gasteiger partial charge on any atom is 0.140 e. The van der Waals surface area contributed by atoms with Crippen LogP contribution >= 0.6 is 0 Å². The molecule has 110 valence electrons. The van der Waals surface area contributed by atoms with Crippen LogP contribution in [0.2, 0.25) is 0 Å². The molecule has 0 atom stereocenters. The van der Waals surface area contributed by atoms with E-state index < -0.39 is 0 Å². The van der Waals surface area contributed by atoms with Gasteiger partial charge in [0, 0.05) is 30.9 Å². The van der Waals surface area contributed by atoms with Crippen LogP contribution in [0.4, 0.5) is 0 Å². The molecule has 0 saturated carbocycles. The van der Waals surface area contributed by atoms with Crippen LogP contribution in [0.5, 0.6) is 0 Å². The van der Waals surface area contributed by atoms with E-state index in [1.165, 1.54) is 10.9 Å². The standard InChI is InChI=1S/C16H25N3O/c1-5-17-11-13-12-19(9-10-20-16(2,3)4)15-14(13)7-6-8-18-15/h6-8,12,17H,5,9-11H2,1-4H3. The summed E-state index contributed by atoms with van der Waals surface area (Å²) in [5.41, 5.74) is 2.24. The Balaban J connectivity index is 2.16. The summed E-state index contributed by atoms with van der Waals surface area (Å²) in [6.45, 7) is 11.7. The molecule has 0 bridgehead atoms. The van der Waals surface area contributed by atoms with Crippen LogP contribution in [0.15, 0.2) is 24.5 Å². The molecule has 2 heterocycles. The van der Waals surface area contributed by atoms with Gasteiger partial charge in [0.1, 0.15) is 5.65 Å². The summed E-state index contributed by atoms with van der Waals surface area (Å²) in [5.74, 6) is 0. The van der Waals surface area contributed by atoms with E-state index in [4.69, 9.17) is 4.74 Å². The van der Waals surface area contributed by atoms with Crippen molar-refractivity contribution in [3.63, 3.8) is 0 Å². The minimum atomic E-state index is -0.0943. The van der Waals surface area contributed by atoms with Crippen molar-refractivity contribution in [1.82, 2.24) is 14.9 Å². The highest BCUT2D eigenvalue weighted by Gasteiger charge is 2.12. The van der Waals surface area contributed by atoms with Crippen LogP contribution in [-0.2, 0) is 17.8 Å². The van der Waals surface area contributed by atoms with Gasteiger partial charge in [-0.05, 0) is 45.0 Å². The Hall–Kier alpha value is -1.39. The SMILES string of the molecule is CCNCc1cn(CCOC(C)(C)C)c2ncccc12. The van der Waals surface area contributed by atoms with E-state index in [9.17, 15) is 0 Å². The molecule has 0 fully saturated rings. The first-order valence-corrected chi connectivity index (χ1v) is 7.28. The number of hydrogen-bond acceptors (Lipinski definition) is 3. The Bertz CT molecular complexity index is 554. The summed E-state index contributed by atoms with van der Waals surface area (Å²) in [7, 11) is 0. The Morgan fingerprint density at radius 1 is 1.35 bits per heavy atom. The van der Waals surface area contributed by atoms with Crippen LogP contribution < -0.4 is 5.32 Å². The van der Waals surface area contributed by atoms with Crippen LogP contribution in [0.1, 0.15) is 33.3 Å². The van der Waals surface area contributed by atoms with E-state index in [0.29, 0.717) is 6.61 Å². The summed E-state index contributed by atoms with van der Waals surface area (Å²) in [5, 5.41) is 4.60. The highest BCUT2D eigenvalue weighted by Crippen LogP contribution is 2.19. The van der Waals surface area contributed by atoms with E-state index in [0.717, 1.165) is 25.3 Å². The minimum Gasteiger partial charge on any atom is -0.374 e. The predicted molar refractivity (Wildman–Crippen MR) is 82.8 cm³/mol. The number of rotatable bonds is 6. The normalized spacial score (nSPS) is 12.2. The largest absolute Gasteiger partial charge is 0.374 e. The van der Waals surface area contributed by atoms with E-state index >= 15 is 0 Å². The third kappa shape index (κ3) is 3.81. The number of hydrogen-bond donors (Lipinski definition) is 1. The molecule has 4 nitrogen and oxygen atoms in total. The fourth-order valence-corrected chi connectivity index (χ4v) is 2.22. The summed E-state index contributed by atoms with van der Waals surface area (Å²) < 4.78 is 8.00. The zero-order valence-corrected chi connectivity index (χ0v) is 12.9. The molecular weight excluding hydrogens is 250 g/mol. The van der Waals surface area contributed by atoms with Crippen LogP contribution in [0.3, 0.4) is 0 Å². The van der Waals surface area contributed by atoms with Crippen molar-refractivity contribution >= 4 is 11.0 Å². The molecule has 1 N–H and O–H groups in total. The molecule has 0 unspecified atom stereocenters. The first-order chi connectivity index (χ1) is 9.51. The summed E-state index contributed by atoms with van der Waals surface area (Å²) >= 11 is 0. The van der Waals surface area contributed by atoms with Gasteiger partial charge in [0.05, 0.1) is 12.2 Å². The number of pyridine rings is 1. The first-order valence-electron chi connectivity index (χ1n) is 7.28. The lowest BCUT2D eigenvalue weighted by Gasteiger charge is -2.19. The van der Waals surface area contributed by atoms with Gasteiger partial charge in [-0.1, -0.05) is 6.92 Å². The number of fused-ring (bicyclic) bond motifs is 1. The Morgan fingerprint density at radius 3 is 2.85 bits per heavy atom. The molecule has 0 aliphatic heterocycles. The van der Waals surface area contributed by atoms with Gasteiger partial charge in [0.25, 0.3) is 0 Å². The van der Waals surface area contributed by atoms with Crippen molar-refractivity contribution in [3.05, 3.63) is 30.1 Å². The van der Waals surface area contributed by atoms with Crippen molar-refractivity contribution in [2.45, 2.75) is 46.4 Å². The van der Waals surface area contributed by atoms with Gasteiger partial charge in [-0.15, -0.1) is 0 Å². The molecule has 0 aliphatic carbocycles. The highest BCUT2D eigenvalue weighted by atomic mass is 16.5. The second-order valence-electron chi connectivity index (χ2n) is 5.96. The van der Waals surface area contributed by atoms with E-state index in [-0.39, 0.29) is 5.60 Å². The van der Waals surface area contributed by atoms with Gasteiger partial charge in [0.15, 0.2) is 0 Å². The molecule has 0 amide bonds. The zero-order chi connectivity index (χ0) is 14.6. The van der Waals surface area contributed by atoms with Crippen molar-refractivity contribution in [2.75, 3.05) is 13.2 Å². The lowest BCUT2D eigenvalue weighted by Crippen LogP contribution is -2.21. The molecule has 2 rings (SSSR count). The van der Waals surface area contributed by atoms with Crippen molar-refractivity contribution < 1.29 is 4.74 Å². The smallest absolute Gasteiger partial charge is 0.140 e. The summed E-state index contributed by atoms with van der Waals surface area (Å²) in [6, 6.07) is 4.13. The Kier molecular flexibility index (Phi) is 4.78. The van der Waals surface area contributed by atoms with Crippen molar-refractivity contribution in [3.8, 4) is 0 Å². The fraction of sp³-hybridized carbons (Fsp3) is 0.562. The van der Waals surface area contributed by atoms with Gasteiger partial charge < -0.3 is 14.6 Å². The van der Waals surface area contributed by atoms with E-state index in [1.807, 2.05) is 12.3 Å². The fourth-order valence-electron chi connectivity index (χ4n) is 2.22. The second-order valence-corrected chi connectivity index (χ2v) is 5.96. The summed E-state index contributed by atoms with van der Waals surface area (Å²) in [4.78, 5) is 4.50. The van der Waals surface area contributed by atoms with Gasteiger partial charge >= 0.3 is 0 Å². The van der Waals surface area contributed by atoms with Gasteiger partial charge in [-0.25, -0.2) is 4.98 Å². The van der Waals surface area contributed by atoms with Crippen LogP contribution in [0, 0.1) is 0 Å². The topological polar surface area (TPSA) is 39.1 Å². The molecule has 0 saturated heterocycles. The lowest BCUT2D eigenvalue weighted by molar-refractivity contribution is -0.00649. The third-order valence-corrected chi connectivity index (χ3v) is 3.15. The average Bonchev–Trinajstić information content (AvgIpc) is 2.74. The van der Waals surface area contributed by atoms with Crippen molar-refractivity contribution in [1.29, 1.82) is 0 Å². The van der Waals surface area contributed by atoms with Gasteiger partial charge in [-0.2, -0.15) is 0 Å². The lowest BCUT2D eigenvalue weighted by atomic mass is 10.2. The predicted octanol–water partition coefficient (Wildman–Crippen LogP) is 2.96. The number of aromatic nitrogens is 2. The molecule has 2 aromatic heterocycles. The average molecular weight is 275 g/mol. The number of nitrogens with zero attached hydrogens (tertiary/aromatic N) is 2. The molecule has 0 spiro atoms. The molecule has 0 aliphatic rings. The molecule has 0 aromatic carbocycles. The Labute approximate surface area is 121 Å². The maximum atomic E-state index is 5.81. The Morgan fingerprint density at radius 2 is 2.15 bits per heavy atom.